The summed E-state index contributed by atoms with van der Waals surface area (Å²) in [6.07, 6.45) is -2.98. The van der Waals surface area contributed by atoms with Gasteiger partial charge in [0.05, 0.1) is 6.61 Å². The Balaban J connectivity index is 2.47. The minimum absolute atomic E-state index is 0.270. The Hall–Kier alpha value is -1.56. The average molecular weight is 273 g/mol. The van der Waals surface area contributed by atoms with Gasteiger partial charge >= 0.3 is 0 Å². The van der Waals surface area contributed by atoms with Gasteiger partial charge in [0, 0.05) is 5.56 Å². The van der Waals surface area contributed by atoms with E-state index in [2.05, 4.69) is 5.32 Å². The number of amides is 1. The summed E-state index contributed by atoms with van der Waals surface area (Å²) in [4.78, 5) is 11.8. The lowest BCUT2D eigenvalue weighted by atomic mass is 9.87. The quantitative estimate of drug-likeness (QED) is 0.897. The van der Waals surface area contributed by atoms with Crippen molar-refractivity contribution < 1.29 is 22.7 Å². The Labute approximate surface area is 108 Å². The highest BCUT2D eigenvalue weighted by Crippen LogP contribution is 2.35. The first kappa shape index (κ1) is 13.9. The van der Waals surface area contributed by atoms with Gasteiger partial charge in [-0.15, -0.1) is 0 Å². The van der Waals surface area contributed by atoms with E-state index in [0.717, 1.165) is 6.07 Å². The Bertz CT molecular complexity index is 504. The molecule has 3 nitrogen and oxygen atoms in total. The summed E-state index contributed by atoms with van der Waals surface area (Å²) < 4.78 is 45.8. The van der Waals surface area contributed by atoms with Crippen LogP contribution in [0.3, 0.4) is 0 Å². The fourth-order valence-corrected chi connectivity index (χ4v) is 1.95. The normalized spacial score (nSPS) is 26.3. The zero-order valence-corrected chi connectivity index (χ0v) is 10.5. The SMILES string of the molecule is CC1(C)OC[C@@](c2ccccc2F)(C(F)F)NC1=O. The summed E-state index contributed by atoms with van der Waals surface area (Å²) in [6.45, 7) is 2.46. The van der Waals surface area contributed by atoms with E-state index in [-0.39, 0.29) is 5.56 Å². The molecule has 1 aliphatic heterocycles. The fraction of sp³-hybridized carbons (Fsp3) is 0.462. The molecule has 1 aromatic rings. The van der Waals surface area contributed by atoms with Crippen molar-refractivity contribution in [3.05, 3.63) is 35.6 Å². The molecule has 1 atom stereocenters. The maximum Gasteiger partial charge on any atom is 0.267 e. The molecule has 19 heavy (non-hydrogen) atoms. The minimum Gasteiger partial charge on any atom is -0.363 e. The van der Waals surface area contributed by atoms with Gasteiger partial charge in [0.2, 0.25) is 0 Å². The topological polar surface area (TPSA) is 38.3 Å². The lowest BCUT2D eigenvalue weighted by Crippen LogP contribution is -2.65. The van der Waals surface area contributed by atoms with Crippen molar-refractivity contribution in [2.24, 2.45) is 0 Å². The molecule has 6 heteroatoms. The summed E-state index contributed by atoms with van der Waals surface area (Å²) >= 11 is 0. The van der Waals surface area contributed by atoms with E-state index in [1.165, 1.54) is 32.0 Å². The van der Waals surface area contributed by atoms with Gasteiger partial charge in [-0.25, -0.2) is 13.2 Å². The number of benzene rings is 1. The number of alkyl halides is 2. The fourth-order valence-electron chi connectivity index (χ4n) is 1.95. The Kier molecular flexibility index (Phi) is 3.30. The molecule has 0 aromatic heterocycles. The van der Waals surface area contributed by atoms with E-state index in [0.29, 0.717) is 0 Å². The number of halogens is 3. The molecule has 1 aromatic carbocycles. The molecule has 0 saturated carbocycles. The maximum atomic E-state index is 13.8. The largest absolute Gasteiger partial charge is 0.363 e. The Morgan fingerprint density at radius 2 is 1.95 bits per heavy atom. The van der Waals surface area contributed by atoms with Crippen LogP contribution in [0.15, 0.2) is 24.3 Å². The summed E-state index contributed by atoms with van der Waals surface area (Å²) in [7, 11) is 0. The van der Waals surface area contributed by atoms with Crippen molar-refractivity contribution in [2.45, 2.75) is 31.4 Å². The molecule has 1 aliphatic rings. The van der Waals surface area contributed by atoms with E-state index in [1.54, 1.807) is 0 Å². The number of rotatable bonds is 2. The molecule has 1 amide bonds. The highest BCUT2D eigenvalue weighted by molar-refractivity contribution is 5.86. The van der Waals surface area contributed by atoms with Gasteiger partial charge in [-0.05, 0) is 19.9 Å². The zero-order valence-electron chi connectivity index (χ0n) is 10.5. The molecular weight excluding hydrogens is 259 g/mol. The molecule has 104 valence electrons. The van der Waals surface area contributed by atoms with Crippen molar-refractivity contribution in [3.63, 3.8) is 0 Å². The van der Waals surface area contributed by atoms with E-state index in [1.807, 2.05) is 0 Å². The maximum absolute atomic E-state index is 13.8. The van der Waals surface area contributed by atoms with Gasteiger partial charge in [0.25, 0.3) is 12.3 Å². The molecule has 0 radical (unpaired) electrons. The van der Waals surface area contributed by atoms with Crippen LogP contribution < -0.4 is 5.32 Å². The molecule has 1 N–H and O–H groups in total. The molecule has 1 heterocycles. The van der Waals surface area contributed by atoms with E-state index < -0.39 is 35.9 Å². The molecule has 0 unspecified atom stereocenters. The van der Waals surface area contributed by atoms with Crippen molar-refractivity contribution in [2.75, 3.05) is 6.61 Å². The first-order valence-electron chi connectivity index (χ1n) is 5.79. The molecular formula is C13H14F3NO2. The highest BCUT2D eigenvalue weighted by Gasteiger charge is 2.52. The van der Waals surface area contributed by atoms with Crippen LogP contribution in [-0.2, 0) is 15.1 Å². The van der Waals surface area contributed by atoms with E-state index in [4.69, 9.17) is 4.74 Å². The second-order valence-corrected chi connectivity index (χ2v) is 5.01. The third kappa shape index (κ3) is 2.20. The van der Waals surface area contributed by atoms with Crippen LogP contribution in [0.1, 0.15) is 19.4 Å². The number of ether oxygens (including phenoxy) is 1. The summed E-state index contributed by atoms with van der Waals surface area (Å²) in [5.74, 6) is -1.49. The second kappa shape index (κ2) is 4.52. The molecule has 1 fully saturated rings. The highest BCUT2D eigenvalue weighted by atomic mass is 19.3. The van der Waals surface area contributed by atoms with Crippen molar-refractivity contribution in [1.29, 1.82) is 0 Å². The van der Waals surface area contributed by atoms with Gasteiger partial charge in [0.15, 0.2) is 5.54 Å². The Morgan fingerprint density at radius 1 is 1.32 bits per heavy atom. The van der Waals surface area contributed by atoms with Gasteiger partial charge in [0.1, 0.15) is 11.4 Å². The summed E-state index contributed by atoms with van der Waals surface area (Å²) in [6, 6.07) is 5.14. The summed E-state index contributed by atoms with van der Waals surface area (Å²) in [5, 5.41) is 2.22. The monoisotopic (exact) mass is 273 g/mol. The zero-order chi connectivity index (χ0) is 14.3. The number of carbonyl (C=O) groups excluding carboxylic acids is 1. The van der Waals surface area contributed by atoms with Crippen molar-refractivity contribution in [3.8, 4) is 0 Å². The molecule has 1 saturated heterocycles. The smallest absolute Gasteiger partial charge is 0.267 e. The van der Waals surface area contributed by atoms with Crippen molar-refractivity contribution >= 4 is 5.91 Å². The summed E-state index contributed by atoms with van der Waals surface area (Å²) in [5.41, 5.74) is -3.62. The van der Waals surface area contributed by atoms with Gasteiger partial charge in [-0.3, -0.25) is 4.79 Å². The van der Waals surface area contributed by atoms with Gasteiger partial charge in [-0.1, -0.05) is 18.2 Å². The van der Waals surface area contributed by atoms with E-state index >= 15 is 0 Å². The number of hydrogen-bond acceptors (Lipinski definition) is 2. The van der Waals surface area contributed by atoms with Crippen LogP contribution in [-0.4, -0.2) is 24.5 Å². The standard InChI is InChI=1S/C13H14F3NO2/c1-12(2)11(18)17-13(7-19-12,10(15)16)8-5-3-4-6-9(8)14/h3-6,10H,7H2,1-2H3,(H,17,18)/t13-/m1/s1. The lowest BCUT2D eigenvalue weighted by molar-refractivity contribution is -0.172. The number of carbonyl (C=O) groups is 1. The molecule has 0 bridgehead atoms. The van der Waals surface area contributed by atoms with Crippen LogP contribution in [0.5, 0.6) is 0 Å². The van der Waals surface area contributed by atoms with Crippen molar-refractivity contribution in [1.82, 2.24) is 5.32 Å². The average Bonchev–Trinajstić information content (AvgIpc) is 2.33. The van der Waals surface area contributed by atoms with E-state index in [9.17, 15) is 18.0 Å². The third-order valence-electron chi connectivity index (χ3n) is 3.27. The minimum atomic E-state index is -2.98. The lowest BCUT2D eigenvalue weighted by Gasteiger charge is -2.43. The molecule has 0 spiro atoms. The first-order chi connectivity index (χ1) is 8.79. The van der Waals surface area contributed by atoms with Gasteiger partial charge in [-0.2, -0.15) is 0 Å². The third-order valence-corrected chi connectivity index (χ3v) is 3.27. The molecule has 2 rings (SSSR count). The Morgan fingerprint density at radius 3 is 2.47 bits per heavy atom. The predicted molar refractivity (Wildman–Crippen MR) is 62.3 cm³/mol. The first-order valence-corrected chi connectivity index (χ1v) is 5.79. The van der Waals surface area contributed by atoms with Crippen LogP contribution in [0, 0.1) is 5.82 Å². The number of morpholine rings is 1. The van der Waals surface area contributed by atoms with Crippen LogP contribution >= 0.6 is 0 Å². The number of hydrogen-bond donors (Lipinski definition) is 1. The number of nitrogens with one attached hydrogen (secondary N) is 1. The predicted octanol–water partition coefficient (Wildman–Crippen LogP) is 2.21. The molecule has 0 aliphatic carbocycles. The second-order valence-electron chi connectivity index (χ2n) is 5.01. The van der Waals surface area contributed by atoms with Crippen LogP contribution in [0.25, 0.3) is 0 Å². The van der Waals surface area contributed by atoms with Crippen LogP contribution in [0.2, 0.25) is 0 Å². The van der Waals surface area contributed by atoms with Gasteiger partial charge < -0.3 is 10.1 Å². The van der Waals surface area contributed by atoms with Crippen LogP contribution in [0.4, 0.5) is 13.2 Å².